The van der Waals surface area contributed by atoms with Crippen molar-refractivity contribution < 1.29 is 23.5 Å². The van der Waals surface area contributed by atoms with Gasteiger partial charge in [-0.05, 0) is 43.2 Å². The summed E-state index contributed by atoms with van der Waals surface area (Å²) >= 11 is 6.26. The van der Waals surface area contributed by atoms with Crippen molar-refractivity contribution in [2.45, 2.75) is 45.2 Å². The van der Waals surface area contributed by atoms with E-state index in [2.05, 4.69) is 30.7 Å². The first kappa shape index (κ1) is 30.7. The number of pyridine rings is 1. The summed E-state index contributed by atoms with van der Waals surface area (Å²) in [6.07, 6.45) is 4.14. The number of amides is 1. The van der Waals surface area contributed by atoms with Crippen molar-refractivity contribution >= 4 is 29.2 Å². The topological polar surface area (TPSA) is 163 Å². The molecule has 0 aliphatic carbocycles. The number of anilines is 1. The number of halogens is 3. The Labute approximate surface area is 264 Å². The third kappa shape index (κ3) is 6.13. The van der Waals surface area contributed by atoms with E-state index >= 15 is 0 Å². The molecule has 16 heteroatoms. The molecule has 0 unspecified atom stereocenters. The number of carboxylic acids is 1. The normalized spacial score (nSPS) is 16.8. The minimum atomic E-state index is -2.81. The molecule has 0 fully saturated rings. The van der Waals surface area contributed by atoms with Gasteiger partial charge in [0.15, 0.2) is 0 Å². The van der Waals surface area contributed by atoms with E-state index in [1.807, 2.05) is 0 Å². The van der Waals surface area contributed by atoms with E-state index in [-0.39, 0.29) is 17.5 Å². The number of rotatable bonds is 6. The lowest BCUT2D eigenvalue weighted by Gasteiger charge is -2.22. The van der Waals surface area contributed by atoms with Gasteiger partial charge in [0.25, 0.3) is 12.0 Å². The Morgan fingerprint density at radius 1 is 1.15 bits per heavy atom. The van der Waals surface area contributed by atoms with Crippen molar-refractivity contribution in [3.63, 3.8) is 0 Å². The fourth-order valence-corrected chi connectivity index (χ4v) is 5.61. The van der Waals surface area contributed by atoms with Gasteiger partial charge in [-0.2, -0.15) is 5.10 Å². The molecule has 46 heavy (non-hydrogen) atoms. The van der Waals surface area contributed by atoms with Gasteiger partial charge in [-0.3, -0.25) is 28.6 Å². The molecular weight excluding hydrogens is 624 g/mol. The molecule has 2 bridgehead atoms. The predicted octanol–water partition coefficient (Wildman–Crippen LogP) is 4.77. The molecule has 0 spiro atoms. The second-order valence-electron chi connectivity index (χ2n) is 10.8. The van der Waals surface area contributed by atoms with Crippen molar-refractivity contribution in [3.05, 3.63) is 88.1 Å². The molecule has 5 heterocycles. The third-order valence-corrected chi connectivity index (χ3v) is 7.96. The van der Waals surface area contributed by atoms with Gasteiger partial charge < -0.3 is 10.4 Å². The smallest absolute Gasteiger partial charge is 0.325 e. The van der Waals surface area contributed by atoms with Gasteiger partial charge in [0.05, 0.1) is 53.2 Å². The van der Waals surface area contributed by atoms with E-state index in [0.29, 0.717) is 58.2 Å². The van der Waals surface area contributed by atoms with Crippen LogP contribution < -0.4 is 10.9 Å². The summed E-state index contributed by atoms with van der Waals surface area (Å²) in [5.74, 6) is -1.73. The zero-order chi connectivity index (χ0) is 32.5. The standard InChI is InChI=1S/C30H26ClF2N9O4/c1-16-3-2-4-25(21-9-17(7-8-34-21)28-22(37-30(16)46)12-36-42(28)14-27(44)45)40-15-35-20(11-26(40)43)19-10-18(31)5-6-24(19)41-13-23(29(32)33)38-39-41/h5-13,15-16,25,29H,2-4,14H2,1H3,(H,37,46)(H,44,45)/t16-,25+/m1/s1. The van der Waals surface area contributed by atoms with Crippen LogP contribution in [0.4, 0.5) is 14.5 Å². The van der Waals surface area contributed by atoms with Crippen molar-refractivity contribution in [3.8, 4) is 28.2 Å². The summed E-state index contributed by atoms with van der Waals surface area (Å²) < 4.78 is 30.3. The molecule has 1 aliphatic heterocycles. The maximum atomic E-state index is 13.7. The van der Waals surface area contributed by atoms with Crippen molar-refractivity contribution in [1.82, 2.24) is 39.3 Å². The van der Waals surface area contributed by atoms with Crippen LogP contribution in [0.3, 0.4) is 0 Å². The molecule has 2 atom stereocenters. The number of hydrogen-bond donors (Lipinski definition) is 2. The van der Waals surface area contributed by atoms with E-state index in [9.17, 15) is 28.3 Å². The van der Waals surface area contributed by atoms with Crippen molar-refractivity contribution in [2.24, 2.45) is 5.92 Å². The number of alkyl halides is 2. The Bertz CT molecular complexity index is 2010. The average Bonchev–Trinajstić information content (AvgIpc) is 3.66. The number of benzene rings is 1. The molecule has 0 radical (unpaired) electrons. The van der Waals surface area contributed by atoms with E-state index < -0.39 is 36.2 Å². The lowest BCUT2D eigenvalue weighted by Crippen LogP contribution is -2.27. The summed E-state index contributed by atoms with van der Waals surface area (Å²) in [5.41, 5.74) is 1.85. The van der Waals surface area contributed by atoms with Gasteiger partial charge in [-0.25, -0.2) is 18.4 Å². The highest BCUT2D eigenvalue weighted by atomic mass is 35.5. The Balaban J connectivity index is 1.43. The zero-order valence-corrected chi connectivity index (χ0v) is 25.0. The molecule has 1 amide bonds. The molecule has 0 saturated heterocycles. The summed E-state index contributed by atoms with van der Waals surface area (Å²) in [6.45, 7) is 1.36. The number of nitrogens with one attached hydrogen (secondary N) is 1. The van der Waals surface area contributed by atoms with E-state index in [0.717, 1.165) is 6.20 Å². The largest absolute Gasteiger partial charge is 0.480 e. The molecule has 13 nitrogen and oxygen atoms in total. The van der Waals surface area contributed by atoms with E-state index in [1.54, 1.807) is 43.5 Å². The van der Waals surface area contributed by atoms with Crippen molar-refractivity contribution in [2.75, 3.05) is 5.32 Å². The van der Waals surface area contributed by atoms with E-state index in [1.165, 1.54) is 32.5 Å². The van der Waals surface area contributed by atoms with Crippen LogP contribution in [0, 0.1) is 5.92 Å². The number of hydrogen-bond acceptors (Lipinski definition) is 8. The van der Waals surface area contributed by atoms with Gasteiger partial charge in [0.1, 0.15) is 12.2 Å². The summed E-state index contributed by atoms with van der Waals surface area (Å²) in [7, 11) is 0. The number of carbonyl (C=O) groups is 2. The molecule has 6 rings (SSSR count). The predicted molar refractivity (Wildman–Crippen MR) is 162 cm³/mol. The monoisotopic (exact) mass is 649 g/mol. The van der Waals surface area contributed by atoms with Crippen LogP contribution in [-0.2, 0) is 16.1 Å². The first-order chi connectivity index (χ1) is 22.1. The van der Waals surface area contributed by atoms with Crippen LogP contribution in [0.5, 0.6) is 0 Å². The van der Waals surface area contributed by atoms with Gasteiger partial charge in [-0.15, -0.1) is 5.10 Å². The lowest BCUT2D eigenvalue weighted by molar-refractivity contribution is -0.137. The van der Waals surface area contributed by atoms with Crippen LogP contribution in [0.1, 0.15) is 50.0 Å². The SMILES string of the molecule is C[C@@H]1CCC[C@H](n2cnc(-c3cc(Cl)ccc3-n3cc(C(F)F)nn3)cc2=O)c2cc(ccn2)-c2c(cnn2CC(=O)O)NC1=O. The van der Waals surface area contributed by atoms with Crippen molar-refractivity contribution in [1.29, 1.82) is 0 Å². The summed E-state index contributed by atoms with van der Waals surface area (Å²) in [6, 6.07) is 8.82. The van der Waals surface area contributed by atoms with Crippen LogP contribution in [-0.4, -0.2) is 56.3 Å². The fraction of sp³-hybridized carbons (Fsp3) is 0.267. The second kappa shape index (κ2) is 12.6. The van der Waals surface area contributed by atoms with Gasteiger partial charge in [0, 0.05) is 34.3 Å². The zero-order valence-electron chi connectivity index (χ0n) is 24.2. The molecule has 1 aromatic carbocycles. The number of nitrogens with zero attached hydrogens (tertiary/aromatic N) is 8. The number of aliphatic carboxylic acids is 1. The Morgan fingerprint density at radius 3 is 2.72 bits per heavy atom. The molecule has 2 N–H and O–H groups in total. The molecular formula is C30H26ClF2N9O4. The Kier molecular flexibility index (Phi) is 8.41. The van der Waals surface area contributed by atoms with E-state index in [4.69, 9.17) is 11.6 Å². The number of fused-ring (bicyclic) bond motifs is 4. The number of carbonyl (C=O) groups excluding carboxylic acids is 1. The summed E-state index contributed by atoms with van der Waals surface area (Å²) in [4.78, 5) is 47.4. The molecule has 4 aromatic heterocycles. The van der Waals surface area contributed by atoms with Crippen LogP contribution >= 0.6 is 11.6 Å². The lowest BCUT2D eigenvalue weighted by atomic mass is 9.97. The average molecular weight is 650 g/mol. The highest BCUT2D eigenvalue weighted by molar-refractivity contribution is 6.31. The molecule has 1 aliphatic rings. The molecule has 236 valence electrons. The van der Waals surface area contributed by atoms with Crippen LogP contribution in [0.15, 0.2) is 66.1 Å². The highest BCUT2D eigenvalue weighted by Crippen LogP contribution is 2.33. The maximum absolute atomic E-state index is 13.7. The van der Waals surface area contributed by atoms with Gasteiger partial charge in [0.2, 0.25) is 5.91 Å². The molecule has 0 saturated carbocycles. The first-order valence-corrected chi connectivity index (χ1v) is 14.6. The Hall–Kier alpha value is -5.31. The fourth-order valence-electron chi connectivity index (χ4n) is 5.44. The Morgan fingerprint density at radius 2 is 1.98 bits per heavy atom. The van der Waals surface area contributed by atoms with Gasteiger partial charge >= 0.3 is 5.97 Å². The minimum Gasteiger partial charge on any atom is -0.480 e. The first-order valence-electron chi connectivity index (χ1n) is 14.2. The minimum absolute atomic E-state index is 0.232. The third-order valence-electron chi connectivity index (χ3n) is 7.73. The number of carboxylic acid groups (broad SMARTS) is 1. The second-order valence-corrected chi connectivity index (χ2v) is 11.3. The van der Waals surface area contributed by atoms with Crippen LogP contribution in [0.25, 0.3) is 28.2 Å². The summed E-state index contributed by atoms with van der Waals surface area (Å²) in [5, 5.41) is 24.2. The number of aromatic nitrogens is 8. The quantitative estimate of drug-likeness (QED) is 0.264. The maximum Gasteiger partial charge on any atom is 0.325 e. The van der Waals surface area contributed by atoms with Gasteiger partial charge in [-0.1, -0.05) is 30.2 Å². The molecule has 5 aromatic rings. The highest BCUT2D eigenvalue weighted by Gasteiger charge is 2.25. The van der Waals surface area contributed by atoms with Crippen LogP contribution in [0.2, 0.25) is 5.02 Å².